The molecule has 0 bridgehead atoms. The second-order valence-electron chi connectivity index (χ2n) is 9.73. The van der Waals surface area contributed by atoms with Gasteiger partial charge in [0.2, 0.25) is 5.91 Å². The van der Waals surface area contributed by atoms with Gasteiger partial charge in [0.1, 0.15) is 31.3 Å². The summed E-state index contributed by atoms with van der Waals surface area (Å²) in [5.74, 6) is 0.457. The molecule has 3 amide bonds. The fraction of sp³-hybridized carbons (Fsp3) is 0.233. The third-order valence-electron chi connectivity index (χ3n) is 5.73. The molecule has 1 fully saturated rings. The third-order valence-corrected chi connectivity index (χ3v) is 6.64. The van der Waals surface area contributed by atoms with Crippen molar-refractivity contribution in [3.8, 4) is 11.5 Å². The molecule has 1 saturated heterocycles. The molecule has 3 aromatic rings. The minimum Gasteiger partial charge on any atom is -0.490 e. The summed E-state index contributed by atoms with van der Waals surface area (Å²) in [6.45, 7) is 6.88. The predicted molar refractivity (Wildman–Crippen MR) is 150 cm³/mol. The number of thioether (sulfide) groups is 1. The number of anilines is 1. The summed E-state index contributed by atoms with van der Waals surface area (Å²) in [6.07, 6.45) is 1.63. The number of rotatable bonds is 9. The van der Waals surface area contributed by atoms with Crippen LogP contribution in [0.2, 0.25) is 0 Å². The first-order valence-electron chi connectivity index (χ1n) is 12.3. The number of hydrogen-bond acceptors (Lipinski definition) is 6. The van der Waals surface area contributed by atoms with Crippen molar-refractivity contribution in [2.24, 2.45) is 0 Å². The molecule has 0 radical (unpaired) electrons. The largest absolute Gasteiger partial charge is 0.490 e. The number of imide groups is 1. The summed E-state index contributed by atoms with van der Waals surface area (Å²) in [5, 5.41) is 2.20. The Labute approximate surface area is 226 Å². The fourth-order valence-corrected chi connectivity index (χ4v) is 4.56. The van der Waals surface area contributed by atoms with Crippen LogP contribution in [-0.2, 0) is 15.0 Å². The lowest BCUT2D eigenvalue weighted by atomic mass is 9.87. The van der Waals surface area contributed by atoms with Gasteiger partial charge in [0.15, 0.2) is 0 Å². The third kappa shape index (κ3) is 7.26. The fourth-order valence-electron chi connectivity index (χ4n) is 3.72. The second-order valence-corrected chi connectivity index (χ2v) is 10.7. The van der Waals surface area contributed by atoms with Crippen molar-refractivity contribution >= 4 is 40.6 Å². The Morgan fingerprint density at radius 1 is 0.895 bits per heavy atom. The molecular weight excluding hydrogens is 500 g/mol. The highest BCUT2D eigenvalue weighted by atomic mass is 32.2. The zero-order valence-corrected chi connectivity index (χ0v) is 22.4. The lowest BCUT2D eigenvalue weighted by Gasteiger charge is -2.19. The minimum atomic E-state index is -0.500. The molecule has 38 heavy (non-hydrogen) atoms. The second kappa shape index (κ2) is 12.0. The van der Waals surface area contributed by atoms with Gasteiger partial charge in [-0.25, -0.2) is 0 Å². The highest BCUT2D eigenvalue weighted by Crippen LogP contribution is 2.32. The number of para-hydroxylation sites is 1. The van der Waals surface area contributed by atoms with E-state index in [4.69, 9.17) is 9.47 Å². The number of benzene rings is 3. The minimum absolute atomic E-state index is 0.0894. The van der Waals surface area contributed by atoms with Gasteiger partial charge >= 0.3 is 0 Å². The van der Waals surface area contributed by atoms with Gasteiger partial charge in [0, 0.05) is 5.69 Å². The van der Waals surface area contributed by atoms with Gasteiger partial charge in [0.25, 0.3) is 11.1 Å². The van der Waals surface area contributed by atoms with Crippen LogP contribution >= 0.6 is 11.8 Å². The maximum Gasteiger partial charge on any atom is 0.294 e. The zero-order chi connectivity index (χ0) is 27.1. The van der Waals surface area contributed by atoms with Crippen LogP contribution in [0.1, 0.15) is 31.9 Å². The number of amides is 3. The SMILES string of the molecule is CC(C)(C)c1ccc(OCCOc2cccc(/C=C3\SC(=O)N(CC(=O)Nc4ccccc4)C3=O)c2)cc1. The standard InChI is InChI=1S/C30H30N2O5S/c1-30(2,3)22-12-14-24(15-13-22)36-16-17-37-25-11-7-8-21(18-25)19-26-28(34)32(29(35)38-26)20-27(33)31-23-9-5-4-6-10-23/h4-15,18-19H,16-17,20H2,1-3H3,(H,31,33)/b26-19-. The monoisotopic (exact) mass is 530 g/mol. The molecule has 4 rings (SSSR count). The lowest BCUT2D eigenvalue weighted by molar-refractivity contribution is -0.127. The maximum absolute atomic E-state index is 12.8. The first-order chi connectivity index (χ1) is 18.2. The summed E-state index contributed by atoms with van der Waals surface area (Å²) in [6, 6.07) is 24.1. The van der Waals surface area contributed by atoms with E-state index in [2.05, 4.69) is 38.2 Å². The molecule has 196 valence electrons. The summed E-state index contributed by atoms with van der Waals surface area (Å²) >= 11 is 0.810. The van der Waals surface area contributed by atoms with Gasteiger partial charge in [0.05, 0.1) is 4.91 Å². The molecule has 0 atom stereocenters. The van der Waals surface area contributed by atoms with Gasteiger partial charge in [-0.3, -0.25) is 19.3 Å². The molecule has 3 aromatic carbocycles. The van der Waals surface area contributed by atoms with Crippen LogP contribution in [0.15, 0.2) is 83.8 Å². The lowest BCUT2D eigenvalue weighted by Crippen LogP contribution is -2.36. The average molecular weight is 531 g/mol. The van der Waals surface area contributed by atoms with Gasteiger partial charge in [-0.2, -0.15) is 0 Å². The smallest absolute Gasteiger partial charge is 0.294 e. The highest BCUT2D eigenvalue weighted by molar-refractivity contribution is 8.18. The van der Waals surface area contributed by atoms with Crippen LogP contribution in [-0.4, -0.2) is 41.7 Å². The van der Waals surface area contributed by atoms with Crippen molar-refractivity contribution < 1.29 is 23.9 Å². The number of nitrogens with zero attached hydrogens (tertiary/aromatic N) is 1. The maximum atomic E-state index is 12.8. The van der Waals surface area contributed by atoms with E-state index in [1.54, 1.807) is 36.4 Å². The molecule has 0 aliphatic carbocycles. The van der Waals surface area contributed by atoms with Crippen molar-refractivity contribution in [1.82, 2.24) is 4.90 Å². The molecule has 1 N–H and O–H groups in total. The molecule has 0 spiro atoms. The molecule has 0 unspecified atom stereocenters. The molecule has 8 heteroatoms. The molecule has 7 nitrogen and oxygen atoms in total. The van der Waals surface area contributed by atoms with Gasteiger partial charge in [-0.1, -0.05) is 63.2 Å². The van der Waals surface area contributed by atoms with E-state index in [-0.39, 0.29) is 16.9 Å². The van der Waals surface area contributed by atoms with Crippen molar-refractivity contribution in [2.45, 2.75) is 26.2 Å². The molecule has 1 aliphatic heterocycles. The van der Waals surface area contributed by atoms with Crippen LogP contribution in [0.5, 0.6) is 11.5 Å². The van der Waals surface area contributed by atoms with E-state index in [0.29, 0.717) is 30.2 Å². The Bertz CT molecular complexity index is 1330. The first kappa shape index (κ1) is 27.0. The van der Waals surface area contributed by atoms with E-state index in [1.165, 1.54) is 5.56 Å². The van der Waals surface area contributed by atoms with Crippen LogP contribution in [0.25, 0.3) is 6.08 Å². The zero-order valence-electron chi connectivity index (χ0n) is 21.6. The van der Waals surface area contributed by atoms with E-state index >= 15 is 0 Å². The molecular formula is C30H30N2O5S. The van der Waals surface area contributed by atoms with Crippen molar-refractivity contribution in [3.05, 3.63) is 94.9 Å². The Hall–Kier alpha value is -4.04. The number of hydrogen-bond donors (Lipinski definition) is 1. The molecule has 1 heterocycles. The van der Waals surface area contributed by atoms with E-state index < -0.39 is 17.1 Å². The quantitative estimate of drug-likeness (QED) is 0.265. The van der Waals surface area contributed by atoms with Crippen LogP contribution in [0, 0.1) is 0 Å². The molecule has 1 aliphatic rings. The average Bonchev–Trinajstić information content (AvgIpc) is 3.14. The summed E-state index contributed by atoms with van der Waals surface area (Å²) in [5.41, 5.74) is 2.64. The van der Waals surface area contributed by atoms with Gasteiger partial charge < -0.3 is 14.8 Å². The van der Waals surface area contributed by atoms with Crippen LogP contribution in [0.4, 0.5) is 10.5 Å². The highest BCUT2D eigenvalue weighted by Gasteiger charge is 2.36. The Kier molecular flexibility index (Phi) is 8.53. The van der Waals surface area contributed by atoms with Gasteiger partial charge in [-0.15, -0.1) is 0 Å². The predicted octanol–water partition coefficient (Wildman–Crippen LogP) is 6.12. The van der Waals surface area contributed by atoms with E-state index in [1.807, 2.05) is 36.4 Å². The summed E-state index contributed by atoms with van der Waals surface area (Å²) in [7, 11) is 0. The van der Waals surface area contributed by atoms with E-state index in [0.717, 1.165) is 22.4 Å². The molecule has 0 saturated carbocycles. The van der Waals surface area contributed by atoms with Crippen LogP contribution < -0.4 is 14.8 Å². The normalized spacial score (nSPS) is 14.6. The number of carbonyl (C=O) groups excluding carboxylic acids is 3. The van der Waals surface area contributed by atoms with Gasteiger partial charge in [-0.05, 0) is 70.8 Å². The number of carbonyl (C=O) groups is 3. The first-order valence-corrected chi connectivity index (χ1v) is 13.1. The Morgan fingerprint density at radius 2 is 1.58 bits per heavy atom. The Morgan fingerprint density at radius 3 is 2.26 bits per heavy atom. The summed E-state index contributed by atoms with van der Waals surface area (Å²) < 4.78 is 11.6. The Balaban J connectivity index is 1.29. The van der Waals surface area contributed by atoms with Crippen LogP contribution in [0.3, 0.4) is 0 Å². The van der Waals surface area contributed by atoms with Crippen molar-refractivity contribution in [2.75, 3.05) is 25.1 Å². The molecule has 0 aromatic heterocycles. The topological polar surface area (TPSA) is 84.9 Å². The number of nitrogens with one attached hydrogen (secondary N) is 1. The van der Waals surface area contributed by atoms with Crippen molar-refractivity contribution in [1.29, 1.82) is 0 Å². The number of ether oxygens (including phenoxy) is 2. The summed E-state index contributed by atoms with van der Waals surface area (Å²) in [4.78, 5) is 38.7. The van der Waals surface area contributed by atoms with E-state index in [9.17, 15) is 14.4 Å². The van der Waals surface area contributed by atoms with Crippen molar-refractivity contribution in [3.63, 3.8) is 0 Å².